The van der Waals surface area contributed by atoms with Crippen LogP contribution in [0.4, 0.5) is 5.69 Å². The Balaban J connectivity index is 1.77. The second kappa shape index (κ2) is 7.97. The van der Waals surface area contributed by atoms with Gasteiger partial charge < -0.3 is 15.4 Å². The van der Waals surface area contributed by atoms with Gasteiger partial charge in [-0.05, 0) is 44.0 Å². The third kappa shape index (κ3) is 3.76. The zero-order chi connectivity index (χ0) is 18.6. The molecule has 0 spiro atoms. The molecule has 0 aliphatic carbocycles. The van der Waals surface area contributed by atoms with E-state index in [0.29, 0.717) is 6.04 Å². The number of benzene rings is 2. The van der Waals surface area contributed by atoms with Crippen molar-refractivity contribution in [1.82, 2.24) is 10.3 Å². The lowest BCUT2D eigenvalue weighted by Crippen LogP contribution is -2.41. The molecule has 0 bridgehead atoms. The first kappa shape index (κ1) is 17.8. The fourth-order valence-electron chi connectivity index (χ4n) is 4.04. The highest BCUT2D eigenvalue weighted by Gasteiger charge is 2.25. The van der Waals surface area contributed by atoms with E-state index in [4.69, 9.17) is 9.72 Å². The second-order valence-corrected chi connectivity index (χ2v) is 7.26. The van der Waals surface area contributed by atoms with Crippen LogP contribution in [-0.2, 0) is 0 Å². The molecule has 4 nitrogen and oxygen atoms in total. The van der Waals surface area contributed by atoms with Gasteiger partial charge in [-0.3, -0.25) is 0 Å². The first-order valence-corrected chi connectivity index (χ1v) is 9.75. The summed E-state index contributed by atoms with van der Waals surface area (Å²) in [5.74, 6) is 0.811. The number of fused-ring (bicyclic) bond motifs is 1. The van der Waals surface area contributed by atoms with E-state index in [-0.39, 0.29) is 6.04 Å². The number of pyridine rings is 1. The highest BCUT2D eigenvalue weighted by Crippen LogP contribution is 2.34. The van der Waals surface area contributed by atoms with Gasteiger partial charge >= 0.3 is 0 Å². The van der Waals surface area contributed by atoms with Gasteiger partial charge in [-0.15, -0.1) is 0 Å². The lowest BCUT2D eigenvalue weighted by molar-refractivity contribution is 0.366. The molecule has 4 heteroatoms. The number of nitrogens with zero attached hydrogens (tertiary/aromatic N) is 1. The zero-order valence-corrected chi connectivity index (χ0v) is 16.0. The third-order valence-corrected chi connectivity index (χ3v) is 5.37. The van der Waals surface area contributed by atoms with Crippen molar-refractivity contribution in [2.24, 2.45) is 0 Å². The molecule has 2 N–H and O–H groups in total. The predicted octanol–water partition coefficient (Wildman–Crippen LogP) is 4.85. The van der Waals surface area contributed by atoms with Crippen molar-refractivity contribution < 1.29 is 4.74 Å². The monoisotopic (exact) mass is 361 g/mol. The van der Waals surface area contributed by atoms with E-state index < -0.39 is 0 Å². The summed E-state index contributed by atoms with van der Waals surface area (Å²) in [5, 5.41) is 8.66. The Hall–Kier alpha value is -2.59. The third-order valence-electron chi connectivity index (χ3n) is 5.37. The minimum atomic E-state index is 0.211. The van der Waals surface area contributed by atoms with Crippen molar-refractivity contribution >= 4 is 16.6 Å². The largest absolute Gasteiger partial charge is 0.494 e. The highest BCUT2D eigenvalue weighted by molar-refractivity contribution is 5.95. The van der Waals surface area contributed by atoms with Crippen molar-refractivity contribution in [3.63, 3.8) is 0 Å². The van der Waals surface area contributed by atoms with E-state index in [1.807, 2.05) is 19.1 Å². The SMILES string of the molecule is COc1cccc2c(NC(c3ccccc3)[C@@H]3CCCCN3)cc(C)nc12. The number of aromatic nitrogens is 1. The maximum atomic E-state index is 5.54. The molecule has 27 heavy (non-hydrogen) atoms. The molecular formula is C23H27N3O. The smallest absolute Gasteiger partial charge is 0.145 e. The molecule has 2 heterocycles. The number of methoxy groups -OCH3 is 1. The van der Waals surface area contributed by atoms with Crippen LogP contribution >= 0.6 is 0 Å². The molecule has 3 aromatic rings. The van der Waals surface area contributed by atoms with Crippen LogP contribution in [0.2, 0.25) is 0 Å². The molecule has 2 aromatic carbocycles. The number of hydrogen-bond acceptors (Lipinski definition) is 4. The molecule has 1 saturated heterocycles. The number of piperidine rings is 1. The summed E-state index contributed by atoms with van der Waals surface area (Å²) >= 11 is 0. The topological polar surface area (TPSA) is 46.2 Å². The Labute approximate surface area is 161 Å². The van der Waals surface area contributed by atoms with Crippen molar-refractivity contribution in [1.29, 1.82) is 0 Å². The molecule has 1 unspecified atom stereocenters. The Morgan fingerprint density at radius 2 is 1.96 bits per heavy atom. The maximum absolute atomic E-state index is 5.54. The molecular weight excluding hydrogens is 334 g/mol. The number of anilines is 1. The summed E-state index contributed by atoms with van der Waals surface area (Å²) in [6.07, 6.45) is 3.71. The maximum Gasteiger partial charge on any atom is 0.145 e. The van der Waals surface area contributed by atoms with Crippen LogP contribution in [0.5, 0.6) is 5.75 Å². The Morgan fingerprint density at radius 1 is 1.11 bits per heavy atom. The molecule has 0 amide bonds. The molecule has 1 aliphatic heterocycles. The van der Waals surface area contributed by atoms with Gasteiger partial charge in [-0.1, -0.05) is 48.9 Å². The average molecular weight is 361 g/mol. The first-order chi connectivity index (χ1) is 13.3. The van der Waals surface area contributed by atoms with Gasteiger partial charge in [0.2, 0.25) is 0 Å². The van der Waals surface area contributed by atoms with Crippen LogP contribution in [0, 0.1) is 6.92 Å². The van der Waals surface area contributed by atoms with Gasteiger partial charge in [0.25, 0.3) is 0 Å². The summed E-state index contributed by atoms with van der Waals surface area (Å²) in [6, 6.07) is 19.6. The van der Waals surface area contributed by atoms with Crippen LogP contribution < -0.4 is 15.4 Å². The van der Waals surface area contributed by atoms with Gasteiger partial charge in [0.15, 0.2) is 0 Å². The standard InChI is InChI=1S/C23H27N3O/c1-16-15-20(18-11-8-13-21(27-2)23(18)25-16)26-22(17-9-4-3-5-10-17)19-12-6-7-14-24-19/h3-5,8-11,13,15,19,22,24H,6-7,12,14H2,1-2H3,(H,25,26)/t19-,22?/m0/s1. The summed E-state index contributed by atoms with van der Waals surface area (Å²) in [7, 11) is 1.70. The normalized spacial score (nSPS) is 18.2. The van der Waals surface area contributed by atoms with Crippen molar-refractivity contribution in [2.75, 3.05) is 19.0 Å². The second-order valence-electron chi connectivity index (χ2n) is 7.26. The van der Waals surface area contributed by atoms with E-state index in [1.54, 1.807) is 7.11 Å². The molecule has 1 aliphatic rings. The molecule has 4 rings (SSSR count). The van der Waals surface area contributed by atoms with Crippen molar-refractivity contribution in [2.45, 2.75) is 38.3 Å². The molecule has 140 valence electrons. The average Bonchev–Trinajstić information content (AvgIpc) is 2.72. The van der Waals surface area contributed by atoms with Gasteiger partial charge in [0.1, 0.15) is 11.3 Å². The van der Waals surface area contributed by atoms with Gasteiger partial charge in [0, 0.05) is 22.8 Å². The first-order valence-electron chi connectivity index (χ1n) is 9.75. The lowest BCUT2D eigenvalue weighted by Gasteiger charge is -2.33. The van der Waals surface area contributed by atoms with E-state index in [0.717, 1.165) is 34.6 Å². The number of para-hydroxylation sites is 1. The van der Waals surface area contributed by atoms with Crippen LogP contribution in [-0.4, -0.2) is 24.7 Å². The van der Waals surface area contributed by atoms with Crippen molar-refractivity contribution in [3.8, 4) is 5.75 Å². The fraction of sp³-hybridized carbons (Fsp3) is 0.348. The molecule has 0 radical (unpaired) electrons. The van der Waals surface area contributed by atoms with E-state index in [1.165, 1.54) is 24.8 Å². The molecule has 2 atom stereocenters. The Kier molecular flexibility index (Phi) is 5.26. The minimum Gasteiger partial charge on any atom is -0.494 e. The summed E-state index contributed by atoms with van der Waals surface area (Å²) in [4.78, 5) is 4.72. The highest BCUT2D eigenvalue weighted by atomic mass is 16.5. The molecule has 1 fully saturated rings. The summed E-state index contributed by atoms with van der Waals surface area (Å²) in [6.45, 7) is 3.12. The van der Waals surface area contributed by atoms with E-state index >= 15 is 0 Å². The van der Waals surface area contributed by atoms with E-state index in [9.17, 15) is 0 Å². The van der Waals surface area contributed by atoms with Gasteiger partial charge in [0.05, 0.1) is 13.2 Å². The Bertz CT molecular complexity index is 904. The number of nitrogens with one attached hydrogen (secondary N) is 2. The molecule has 1 aromatic heterocycles. The van der Waals surface area contributed by atoms with Crippen LogP contribution in [0.1, 0.15) is 36.6 Å². The van der Waals surface area contributed by atoms with Crippen LogP contribution in [0.3, 0.4) is 0 Å². The molecule has 0 saturated carbocycles. The zero-order valence-electron chi connectivity index (χ0n) is 16.0. The summed E-state index contributed by atoms with van der Waals surface area (Å²) < 4.78 is 5.54. The van der Waals surface area contributed by atoms with Crippen molar-refractivity contribution in [3.05, 3.63) is 65.9 Å². The van der Waals surface area contributed by atoms with Gasteiger partial charge in [-0.25, -0.2) is 4.98 Å². The van der Waals surface area contributed by atoms with E-state index in [2.05, 4.69) is 53.1 Å². The van der Waals surface area contributed by atoms with Gasteiger partial charge in [-0.2, -0.15) is 0 Å². The quantitative estimate of drug-likeness (QED) is 0.682. The van der Waals surface area contributed by atoms with Crippen LogP contribution in [0.25, 0.3) is 10.9 Å². The number of rotatable bonds is 5. The number of hydrogen-bond donors (Lipinski definition) is 2. The fourth-order valence-corrected chi connectivity index (χ4v) is 4.04. The Morgan fingerprint density at radius 3 is 2.70 bits per heavy atom. The minimum absolute atomic E-state index is 0.211. The number of aryl methyl sites for hydroxylation is 1. The van der Waals surface area contributed by atoms with Crippen LogP contribution in [0.15, 0.2) is 54.6 Å². The number of ether oxygens (including phenoxy) is 1. The predicted molar refractivity (Wildman–Crippen MR) is 111 cm³/mol. The summed E-state index contributed by atoms with van der Waals surface area (Å²) in [5.41, 5.74) is 4.31. The lowest BCUT2D eigenvalue weighted by atomic mass is 9.92.